The molecule has 5 rings (SSSR count). The standard InChI is InChI=1S/C29H30N6O3S2/c1-17-10-9-13-33(16-17)25-21(18(2)22(15-30)26(36)31(25)4)14-23-27(37)34(29(39)40-23)24-19(3)32(5)35(28(24)38)20-11-7-6-8-12-20/h6-8,11-12,14,17H,9-10,13,16H2,1-5H3/b23-14+. The maximum atomic E-state index is 13.9. The molecule has 1 unspecified atom stereocenters. The number of carbonyl (C=O) groups excluding carboxylic acids is 1. The lowest BCUT2D eigenvalue weighted by Gasteiger charge is -2.35. The van der Waals surface area contributed by atoms with Crippen molar-refractivity contribution in [3.05, 3.63) is 78.3 Å². The zero-order valence-electron chi connectivity index (χ0n) is 23.1. The quantitative estimate of drug-likeness (QED) is 0.343. The first kappa shape index (κ1) is 27.7. The zero-order chi connectivity index (χ0) is 28.9. The predicted molar refractivity (Wildman–Crippen MR) is 163 cm³/mol. The highest BCUT2D eigenvalue weighted by Gasteiger charge is 2.38. The molecule has 2 aliphatic heterocycles. The number of hydrogen-bond donors (Lipinski definition) is 0. The summed E-state index contributed by atoms with van der Waals surface area (Å²) >= 11 is 6.75. The Bertz CT molecular complexity index is 1740. The number of hydrogen-bond acceptors (Lipinski definition) is 7. The van der Waals surface area contributed by atoms with Crippen LogP contribution in [-0.4, -0.2) is 37.2 Å². The Labute approximate surface area is 241 Å². The molecule has 4 heterocycles. The number of thiocarbonyl (C=S) groups is 1. The molecule has 2 aromatic heterocycles. The van der Waals surface area contributed by atoms with Crippen molar-refractivity contribution in [3.63, 3.8) is 0 Å². The highest BCUT2D eigenvalue weighted by atomic mass is 32.2. The number of nitrogens with zero attached hydrogens (tertiary/aromatic N) is 6. The van der Waals surface area contributed by atoms with E-state index in [0.29, 0.717) is 39.1 Å². The Hall–Kier alpha value is -3.88. The van der Waals surface area contributed by atoms with Crippen LogP contribution in [0.2, 0.25) is 0 Å². The van der Waals surface area contributed by atoms with Gasteiger partial charge in [0.15, 0.2) is 4.32 Å². The van der Waals surface area contributed by atoms with E-state index in [1.807, 2.05) is 36.4 Å². The van der Waals surface area contributed by atoms with Crippen LogP contribution in [0.5, 0.6) is 0 Å². The molecule has 2 aliphatic rings. The monoisotopic (exact) mass is 574 g/mol. The fourth-order valence-electron chi connectivity index (χ4n) is 5.58. The van der Waals surface area contributed by atoms with Crippen LogP contribution >= 0.6 is 24.0 Å². The number of aromatic nitrogens is 3. The molecule has 40 heavy (non-hydrogen) atoms. The van der Waals surface area contributed by atoms with E-state index < -0.39 is 5.91 Å². The van der Waals surface area contributed by atoms with Crippen LogP contribution < -0.4 is 20.9 Å². The summed E-state index contributed by atoms with van der Waals surface area (Å²) in [6.45, 7) is 7.24. The SMILES string of the molecule is Cc1c(/C=C2/SC(=S)N(c3c(C)n(C)n(-c4ccccc4)c3=O)C2=O)c(N2CCCC(C)C2)n(C)c(=O)c1C#N. The van der Waals surface area contributed by atoms with Gasteiger partial charge in [-0.25, -0.2) is 4.68 Å². The zero-order valence-corrected chi connectivity index (χ0v) is 24.7. The van der Waals surface area contributed by atoms with Crippen LogP contribution in [0.4, 0.5) is 11.5 Å². The number of benzene rings is 1. The maximum absolute atomic E-state index is 13.9. The van der Waals surface area contributed by atoms with Crippen molar-refractivity contribution in [2.75, 3.05) is 22.9 Å². The summed E-state index contributed by atoms with van der Waals surface area (Å²) < 4.78 is 4.98. The van der Waals surface area contributed by atoms with E-state index in [2.05, 4.69) is 11.8 Å². The molecule has 3 aromatic rings. The number of thioether (sulfide) groups is 1. The Kier molecular flexibility index (Phi) is 7.33. The molecular formula is C29H30N6O3S2. The van der Waals surface area contributed by atoms with E-state index in [0.717, 1.165) is 37.7 Å². The summed E-state index contributed by atoms with van der Waals surface area (Å²) in [4.78, 5) is 44.4. The molecular weight excluding hydrogens is 544 g/mol. The van der Waals surface area contributed by atoms with Gasteiger partial charge in [-0.1, -0.05) is 49.1 Å². The van der Waals surface area contributed by atoms with Crippen LogP contribution in [0.15, 0.2) is 44.8 Å². The summed E-state index contributed by atoms with van der Waals surface area (Å²) in [5, 5.41) is 9.78. The number of nitriles is 1. The van der Waals surface area contributed by atoms with Crippen LogP contribution in [-0.2, 0) is 18.9 Å². The molecule has 1 amide bonds. The van der Waals surface area contributed by atoms with Gasteiger partial charge in [-0.3, -0.25) is 28.5 Å². The van der Waals surface area contributed by atoms with Crippen molar-refractivity contribution in [2.45, 2.75) is 33.6 Å². The van der Waals surface area contributed by atoms with E-state index in [-0.39, 0.29) is 26.7 Å². The Morgan fingerprint density at radius 2 is 1.80 bits per heavy atom. The second kappa shape index (κ2) is 10.6. The fraction of sp³-hybridized carbons (Fsp3) is 0.345. The summed E-state index contributed by atoms with van der Waals surface area (Å²) in [5.41, 5.74) is 1.97. The highest BCUT2D eigenvalue weighted by Crippen LogP contribution is 2.39. The third kappa shape index (κ3) is 4.41. The topological polar surface area (TPSA) is 96.3 Å². The summed E-state index contributed by atoms with van der Waals surface area (Å²) in [6, 6.07) is 11.3. The summed E-state index contributed by atoms with van der Waals surface area (Å²) in [7, 11) is 3.43. The highest BCUT2D eigenvalue weighted by molar-refractivity contribution is 8.27. The van der Waals surface area contributed by atoms with Gasteiger partial charge < -0.3 is 4.90 Å². The van der Waals surface area contributed by atoms with E-state index in [9.17, 15) is 19.6 Å². The molecule has 11 heteroatoms. The van der Waals surface area contributed by atoms with Gasteiger partial charge >= 0.3 is 0 Å². The molecule has 0 radical (unpaired) electrons. The molecule has 0 aliphatic carbocycles. The summed E-state index contributed by atoms with van der Waals surface area (Å²) in [5.74, 6) is 0.713. The molecule has 1 aromatic carbocycles. The number of amides is 1. The maximum Gasteiger partial charge on any atom is 0.296 e. The number of para-hydroxylation sites is 1. The lowest BCUT2D eigenvalue weighted by Crippen LogP contribution is -2.39. The van der Waals surface area contributed by atoms with Crippen molar-refractivity contribution < 1.29 is 4.79 Å². The molecule has 2 fully saturated rings. The number of piperidine rings is 1. The van der Waals surface area contributed by atoms with Gasteiger partial charge in [-0.2, -0.15) is 5.26 Å². The van der Waals surface area contributed by atoms with Crippen molar-refractivity contribution >= 4 is 51.8 Å². The Balaban J connectivity index is 1.64. The van der Waals surface area contributed by atoms with Gasteiger partial charge in [-0.05, 0) is 56.4 Å². The molecule has 206 valence electrons. The average Bonchev–Trinajstić information content (AvgIpc) is 3.32. The van der Waals surface area contributed by atoms with Crippen molar-refractivity contribution in [1.29, 1.82) is 5.26 Å². The molecule has 0 bridgehead atoms. The van der Waals surface area contributed by atoms with E-state index in [1.165, 1.54) is 14.1 Å². The second-order valence-electron chi connectivity index (χ2n) is 10.3. The molecule has 2 saturated heterocycles. The van der Waals surface area contributed by atoms with Gasteiger partial charge in [0.2, 0.25) is 0 Å². The van der Waals surface area contributed by atoms with Gasteiger partial charge in [0.1, 0.15) is 23.1 Å². The fourth-order valence-corrected chi connectivity index (χ4v) is 6.83. The van der Waals surface area contributed by atoms with Crippen LogP contribution in [0.1, 0.15) is 42.1 Å². The van der Waals surface area contributed by atoms with Crippen LogP contribution in [0.3, 0.4) is 0 Å². The molecule has 0 saturated carbocycles. The van der Waals surface area contributed by atoms with Gasteiger partial charge in [-0.15, -0.1) is 0 Å². The normalized spacial score (nSPS) is 18.6. The van der Waals surface area contributed by atoms with Crippen molar-refractivity contribution in [3.8, 4) is 11.8 Å². The Morgan fingerprint density at radius 1 is 1.10 bits per heavy atom. The first-order valence-corrected chi connectivity index (χ1v) is 14.3. The van der Waals surface area contributed by atoms with Gasteiger partial charge in [0, 0.05) is 32.7 Å². The third-order valence-corrected chi connectivity index (χ3v) is 9.04. The average molecular weight is 575 g/mol. The van der Waals surface area contributed by atoms with Gasteiger partial charge in [0.25, 0.3) is 17.0 Å². The first-order valence-electron chi connectivity index (χ1n) is 13.1. The lowest BCUT2D eigenvalue weighted by atomic mass is 9.98. The molecule has 0 N–H and O–H groups in total. The number of pyridine rings is 1. The largest absolute Gasteiger partial charge is 0.357 e. The van der Waals surface area contributed by atoms with E-state index in [1.54, 1.807) is 38.7 Å². The van der Waals surface area contributed by atoms with Crippen LogP contribution in [0.25, 0.3) is 11.8 Å². The number of anilines is 2. The van der Waals surface area contributed by atoms with E-state index >= 15 is 0 Å². The van der Waals surface area contributed by atoms with Crippen molar-refractivity contribution in [2.24, 2.45) is 20.0 Å². The minimum absolute atomic E-state index is 0.0442. The Morgan fingerprint density at radius 3 is 2.45 bits per heavy atom. The molecule has 0 spiro atoms. The minimum atomic E-state index is -0.411. The summed E-state index contributed by atoms with van der Waals surface area (Å²) in [6.07, 6.45) is 3.80. The van der Waals surface area contributed by atoms with E-state index in [4.69, 9.17) is 12.2 Å². The van der Waals surface area contributed by atoms with Gasteiger partial charge in [0.05, 0.1) is 16.3 Å². The van der Waals surface area contributed by atoms with Crippen molar-refractivity contribution in [1.82, 2.24) is 13.9 Å². The molecule has 9 nitrogen and oxygen atoms in total. The minimum Gasteiger partial charge on any atom is -0.357 e. The third-order valence-electron chi connectivity index (χ3n) is 7.74. The number of carbonyl (C=O) groups is 1. The predicted octanol–water partition coefficient (Wildman–Crippen LogP) is 4.01. The lowest BCUT2D eigenvalue weighted by molar-refractivity contribution is -0.113. The smallest absolute Gasteiger partial charge is 0.296 e. The van der Waals surface area contributed by atoms with Crippen LogP contribution in [0, 0.1) is 31.1 Å². The second-order valence-corrected chi connectivity index (χ2v) is 12.0. The number of rotatable bonds is 4. The molecule has 1 atom stereocenters. The first-order chi connectivity index (χ1) is 19.1.